The zero-order chi connectivity index (χ0) is 21.2. The Morgan fingerprint density at radius 3 is 2.55 bits per heavy atom. The van der Waals surface area contributed by atoms with Crippen molar-refractivity contribution >= 4 is 33.8 Å². The van der Waals surface area contributed by atoms with Crippen molar-refractivity contribution in [2.24, 2.45) is 0 Å². The summed E-state index contributed by atoms with van der Waals surface area (Å²) in [7, 11) is 1.45. The summed E-state index contributed by atoms with van der Waals surface area (Å²) >= 11 is 3.36. The first-order valence-corrected chi connectivity index (χ1v) is 9.00. The van der Waals surface area contributed by atoms with E-state index in [2.05, 4.69) is 32.7 Å². The fourth-order valence-electron chi connectivity index (χ4n) is 2.20. The molecule has 7 nitrogen and oxygen atoms in total. The highest BCUT2D eigenvalue weighted by Gasteiger charge is 2.14. The van der Waals surface area contributed by atoms with Crippen molar-refractivity contribution in [3.8, 4) is 29.9 Å². The fraction of sp³-hybridized carbons (Fsp3) is 0.0952. The second-order valence-electron chi connectivity index (χ2n) is 5.46. The number of hydrogen-bond donors (Lipinski definition) is 2. The molecule has 0 radical (unpaired) electrons. The first-order chi connectivity index (χ1) is 14.0. The summed E-state index contributed by atoms with van der Waals surface area (Å²) in [6, 6.07) is 13.3. The van der Waals surface area contributed by atoms with Gasteiger partial charge in [-0.1, -0.05) is 40.0 Å². The number of nitriles is 1. The molecule has 0 atom stereocenters. The molecule has 2 aromatic rings. The number of halogens is 1. The lowest BCUT2D eigenvalue weighted by Crippen LogP contribution is -2.42. The van der Waals surface area contributed by atoms with Gasteiger partial charge in [0.2, 0.25) is 0 Å². The van der Waals surface area contributed by atoms with Crippen LogP contribution in [0.5, 0.6) is 11.5 Å². The number of carbonyl (C=O) groups excluding carboxylic acids is 2. The van der Waals surface area contributed by atoms with Crippen molar-refractivity contribution in [1.29, 1.82) is 5.26 Å². The van der Waals surface area contributed by atoms with Crippen LogP contribution in [0, 0.1) is 23.7 Å². The van der Waals surface area contributed by atoms with Crippen LogP contribution in [0.25, 0.3) is 6.08 Å². The molecule has 2 aromatic carbocycles. The number of ether oxygens (including phenoxy) is 2. The van der Waals surface area contributed by atoms with Crippen LogP contribution in [-0.2, 0) is 4.79 Å². The van der Waals surface area contributed by atoms with Gasteiger partial charge in [-0.25, -0.2) is 0 Å². The highest BCUT2D eigenvalue weighted by molar-refractivity contribution is 9.10. The molecule has 2 N–H and O–H groups in total. The zero-order valence-corrected chi connectivity index (χ0v) is 16.9. The molecule has 146 valence electrons. The topological polar surface area (TPSA) is 100 Å². The molecule has 2 rings (SSSR count). The Morgan fingerprint density at radius 2 is 1.93 bits per heavy atom. The number of amides is 2. The molecule has 2 amide bonds. The number of methoxy groups -OCH3 is 1. The predicted octanol–water partition coefficient (Wildman–Crippen LogP) is 2.84. The van der Waals surface area contributed by atoms with Crippen molar-refractivity contribution in [1.82, 2.24) is 10.9 Å². The van der Waals surface area contributed by atoms with Crippen molar-refractivity contribution in [3.05, 3.63) is 63.6 Å². The highest BCUT2D eigenvalue weighted by atomic mass is 79.9. The van der Waals surface area contributed by atoms with Gasteiger partial charge < -0.3 is 9.47 Å². The van der Waals surface area contributed by atoms with Crippen molar-refractivity contribution in [2.75, 3.05) is 13.7 Å². The second-order valence-corrected chi connectivity index (χ2v) is 6.32. The van der Waals surface area contributed by atoms with Crippen LogP contribution >= 0.6 is 15.9 Å². The van der Waals surface area contributed by atoms with E-state index in [1.54, 1.807) is 48.5 Å². The second kappa shape index (κ2) is 10.5. The first-order valence-electron chi connectivity index (χ1n) is 8.21. The van der Waals surface area contributed by atoms with Gasteiger partial charge in [-0.2, -0.15) is 5.26 Å². The smallest absolute Gasteiger partial charge is 0.280 e. The number of rotatable bonds is 6. The maximum absolute atomic E-state index is 12.3. The Hall–Kier alpha value is -3.75. The van der Waals surface area contributed by atoms with Crippen LogP contribution in [0.4, 0.5) is 0 Å². The number of nitrogens with zero attached hydrogens (tertiary/aromatic N) is 1. The molecule has 8 heteroatoms. The monoisotopic (exact) mass is 453 g/mol. The van der Waals surface area contributed by atoms with Crippen LogP contribution in [0.1, 0.15) is 15.9 Å². The molecule has 0 heterocycles. The first kappa shape index (κ1) is 21.5. The molecule has 0 spiro atoms. The third-order valence-corrected chi connectivity index (χ3v) is 4.27. The van der Waals surface area contributed by atoms with Gasteiger partial charge in [-0.3, -0.25) is 20.4 Å². The van der Waals surface area contributed by atoms with Crippen molar-refractivity contribution in [2.45, 2.75) is 0 Å². The minimum atomic E-state index is -0.768. The summed E-state index contributed by atoms with van der Waals surface area (Å²) in [4.78, 5) is 24.3. The van der Waals surface area contributed by atoms with E-state index in [1.165, 1.54) is 13.2 Å². The lowest BCUT2D eigenvalue weighted by Gasteiger charge is -2.11. The normalized spacial score (nSPS) is 10.3. The Balaban J connectivity index is 2.18. The number of carbonyl (C=O) groups is 2. The Labute approximate surface area is 176 Å². The summed E-state index contributed by atoms with van der Waals surface area (Å²) in [5.41, 5.74) is 5.12. The molecule has 0 aliphatic rings. The van der Waals surface area contributed by atoms with Gasteiger partial charge in [0.25, 0.3) is 11.8 Å². The van der Waals surface area contributed by atoms with Crippen LogP contribution in [0.2, 0.25) is 0 Å². The Morgan fingerprint density at radius 1 is 1.21 bits per heavy atom. The Kier molecular flexibility index (Phi) is 7.84. The molecule has 0 fully saturated rings. The standard InChI is InChI=1S/C21H16BrN3O4/c1-3-9-29-19-12-17(22)15(11-18(19)28-2)10-16(13-23)21(27)25-24-20(26)14-7-5-4-6-8-14/h1,4-8,10-12H,9H2,2H3,(H,24,26)(H,25,27). The van der Waals surface area contributed by atoms with Gasteiger partial charge in [-0.15, -0.1) is 6.42 Å². The molecule has 0 unspecified atom stereocenters. The number of terminal acetylenes is 1. The van der Waals surface area contributed by atoms with E-state index in [0.717, 1.165) is 0 Å². The van der Waals surface area contributed by atoms with E-state index < -0.39 is 11.8 Å². The van der Waals surface area contributed by atoms with Gasteiger partial charge in [0.1, 0.15) is 18.2 Å². The largest absolute Gasteiger partial charge is 0.493 e. The van der Waals surface area contributed by atoms with Gasteiger partial charge in [0, 0.05) is 10.0 Å². The van der Waals surface area contributed by atoms with Gasteiger partial charge >= 0.3 is 0 Å². The van der Waals surface area contributed by atoms with E-state index >= 15 is 0 Å². The van der Waals surface area contributed by atoms with Gasteiger partial charge in [-0.05, 0) is 35.9 Å². The number of benzene rings is 2. The lowest BCUT2D eigenvalue weighted by molar-refractivity contribution is -0.117. The third kappa shape index (κ3) is 5.86. The molecule has 0 saturated heterocycles. The number of nitrogens with one attached hydrogen (secondary N) is 2. The van der Waals surface area contributed by atoms with Crippen molar-refractivity contribution in [3.63, 3.8) is 0 Å². The minimum Gasteiger partial charge on any atom is -0.493 e. The van der Waals surface area contributed by atoms with Crippen LogP contribution in [-0.4, -0.2) is 25.5 Å². The minimum absolute atomic E-state index is 0.0605. The average molecular weight is 454 g/mol. The molecule has 29 heavy (non-hydrogen) atoms. The zero-order valence-electron chi connectivity index (χ0n) is 15.4. The maximum atomic E-state index is 12.3. The molecule has 0 bridgehead atoms. The lowest BCUT2D eigenvalue weighted by atomic mass is 10.1. The van der Waals surface area contributed by atoms with Crippen LogP contribution in [0.15, 0.2) is 52.5 Å². The molecule has 0 aliphatic carbocycles. The third-order valence-electron chi connectivity index (χ3n) is 3.58. The van der Waals surface area contributed by atoms with E-state index in [0.29, 0.717) is 27.1 Å². The quantitative estimate of drug-likeness (QED) is 0.303. The SMILES string of the molecule is C#CCOc1cc(Br)c(C=C(C#N)C(=O)NNC(=O)c2ccccc2)cc1OC. The molecule has 0 aromatic heterocycles. The van der Waals surface area contributed by atoms with Crippen LogP contribution < -0.4 is 20.3 Å². The average Bonchev–Trinajstić information content (AvgIpc) is 2.75. The summed E-state index contributed by atoms with van der Waals surface area (Å²) in [5.74, 6) is 1.87. The molecular formula is C21H16BrN3O4. The van der Waals surface area contributed by atoms with Gasteiger partial charge in [0.15, 0.2) is 11.5 Å². The summed E-state index contributed by atoms with van der Waals surface area (Å²) in [6.07, 6.45) is 6.54. The van der Waals surface area contributed by atoms with Gasteiger partial charge in [0.05, 0.1) is 7.11 Å². The summed E-state index contributed by atoms with van der Waals surface area (Å²) in [5, 5.41) is 9.34. The molecule has 0 saturated carbocycles. The maximum Gasteiger partial charge on any atom is 0.280 e. The molecular weight excluding hydrogens is 438 g/mol. The number of hydrazine groups is 1. The van der Waals surface area contributed by atoms with Crippen LogP contribution in [0.3, 0.4) is 0 Å². The van der Waals surface area contributed by atoms with E-state index in [-0.39, 0.29) is 12.2 Å². The Bertz CT molecular complexity index is 1020. The fourth-order valence-corrected chi connectivity index (χ4v) is 2.64. The molecule has 0 aliphatic heterocycles. The van der Waals surface area contributed by atoms with E-state index in [9.17, 15) is 14.9 Å². The highest BCUT2D eigenvalue weighted by Crippen LogP contribution is 2.34. The predicted molar refractivity (Wildman–Crippen MR) is 111 cm³/mol. The summed E-state index contributed by atoms with van der Waals surface area (Å²) < 4.78 is 11.2. The van der Waals surface area contributed by atoms with E-state index in [4.69, 9.17) is 15.9 Å². The van der Waals surface area contributed by atoms with Crippen molar-refractivity contribution < 1.29 is 19.1 Å². The van der Waals surface area contributed by atoms with E-state index in [1.807, 2.05) is 0 Å². The number of hydrogen-bond acceptors (Lipinski definition) is 5. The summed E-state index contributed by atoms with van der Waals surface area (Å²) in [6.45, 7) is 0.0605.